The molecule has 1 amide bonds. The highest BCUT2D eigenvalue weighted by molar-refractivity contribution is 8.00. The van der Waals surface area contributed by atoms with E-state index in [9.17, 15) is 20.1 Å². The molecule has 8 heteroatoms. The number of amides is 1. The van der Waals surface area contributed by atoms with E-state index in [4.69, 9.17) is 0 Å². The van der Waals surface area contributed by atoms with Gasteiger partial charge >= 0.3 is 0 Å². The molecule has 1 aromatic heterocycles. The van der Waals surface area contributed by atoms with Crippen molar-refractivity contribution in [1.29, 1.82) is 10.5 Å². The van der Waals surface area contributed by atoms with Gasteiger partial charge in [0, 0.05) is 13.1 Å². The lowest BCUT2D eigenvalue weighted by atomic mass is 10.0. The van der Waals surface area contributed by atoms with Gasteiger partial charge in [-0.2, -0.15) is 10.5 Å². The third kappa shape index (κ3) is 4.23. The van der Waals surface area contributed by atoms with Crippen molar-refractivity contribution in [2.24, 2.45) is 0 Å². The van der Waals surface area contributed by atoms with Crippen LogP contribution in [0, 0.1) is 22.7 Å². The number of nitrogens with one attached hydrogen (secondary N) is 1. The van der Waals surface area contributed by atoms with Gasteiger partial charge in [0.2, 0.25) is 5.91 Å². The van der Waals surface area contributed by atoms with Crippen LogP contribution in [0.2, 0.25) is 0 Å². The number of anilines is 1. The van der Waals surface area contributed by atoms with Gasteiger partial charge in [0.15, 0.2) is 0 Å². The van der Waals surface area contributed by atoms with E-state index >= 15 is 0 Å². The van der Waals surface area contributed by atoms with Crippen LogP contribution in [0.1, 0.15) is 34.4 Å². The lowest BCUT2D eigenvalue weighted by molar-refractivity contribution is -0.120. The largest absolute Gasteiger partial charge is 0.353 e. The molecule has 1 aliphatic rings. The van der Waals surface area contributed by atoms with Gasteiger partial charge in [-0.05, 0) is 17.5 Å². The van der Waals surface area contributed by atoms with Crippen molar-refractivity contribution in [2.45, 2.75) is 23.6 Å². The number of carbonyl (C=O) groups excluding carboxylic acids is 2. The number of rotatable bonds is 6. The zero-order valence-corrected chi connectivity index (χ0v) is 16.7. The number of aldehydes is 1. The fraction of sp³-hybridized carbons (Fsp3) is 0.286. The van der Waals surface area contributed by atoms with Gasteiger partial charge in [-0.25, -0.2) is 4.98 Å². The van der Waals surface area contributed by atoms with Crippen molar-refractivity contribution in [3.8, 4) is 12.1 Å². The number of hydrogen-bond acceptors (Lipinski definition) is 7. The molecule has 1 unspecified atom stereocenters. The number of nitrogens with zero attached hydrogens (tertiary/aromatic N) is 4. The average molecular weight is 405 g/mol. The first kappa shape index (κ1) is 20.4. The summed E-state index contributed by atoms with van der Waals surface area (Å²) in [7, 11) is 0. The van der Waals surface area contributed by atoms with E-state index in [1.54, 1.807) is 4.90 Å². The van der Waals surface area contributed by atoms with E-state index in [0.29, 0.717) is 47.0 Å². The second-order valence-electron chi connectivity index (χ2n) is 6.40. The monoisotopic (exact) mass is 405 g/mol. The van der Waals surface area contributed by atoms with Crippen molar-refractivity contribution >= 4 is 29.8 Å². The Hall–Kier alpha value is -3.36. The van der Waals surface area contributed by atoms with E-state index in [-0.39, 0.29) is 12.5 Å². The second kappa shape index (κ2) is 9.22. The van der Waals surface area contributed by atoms with Crippen LogP contribution in [0.4, 0.5) is 5.82 Å². The molecule has 3 rings (SSSR count). The van der Waals surface area contributed by atoms with E-state index in [2.05, 4.69) is 22.4 Å². The van der Waals surface area contributed by atoms with Gasteiger partial charge in [-0.1, -0.05) is 49.0 Å². The predicted octanol–water partition coefficient (Wildman–Crippen LogP) is 2.36. The fourth-order valence-electron chi connectivity index (χ4n) is 3.25. The molecule has 0 spiro atoms. The predicted molar refractivity (Wildman–Crippen MR) is 109 cm³/mol. The molecule has 1 aliphatic heterocycles. The fourth-order valence-corrected chi connectivity index (χ4v) is 4.27. The van der Waals surface area contributed by atoms with Crippen molar-refractivity contribution in [2.75, 3.05) is 24.5 Å². The summed E-state index contributed by atoms with van der Waals surface area (Å²) in [5.74, 6) is 0.243. The number of aromatic nitrogens is 1. The molecule has 0 radical (unpaired) electrons. The Morgan fingerprint density at radius 2 is 2.00 bits per heavy atom. The van der Waals surface area contributed by atoms with Crippen molar-refractivity contribution in [1.82, 2.24) is 10.3 Å². The number of hydrogen-bond donors (Lipinski definition) is 1. The molecule has 1 fully saturated rings. The first-order chi connectivity index (χ1) is 14.1. The van der Waals surface area contributed by atoms with Crippen molar-refractivity contribution in [3.05, 3.63) is 52.6 Å². The zero-order chi connectivity index (χ0) is 20.8. The van der Waals surface area contributed by atoms with Crippen molar-refractivity contribution in [3.63, 3.8) is 0 Å². The molecule has 146 valence electrons. The Morgan fingerprint density at radius 1 is 1.28 bits per heavy atom. The third-order valence-corrected chi connectivity index (χ3v) is 5.81. The minimum atomic E-state index is -0.536. The molecule has 1 saturated heterocycles. The molecule has 0 bridgehead atoms. The highest BCUT2D eigenvalue weighted by Crippen LogP contribution is 2.38. The smallest absolute Gasteiger partial charge is 0.239 e. The highest BCUT2D eigenvalue weighted by Gasteiger charge is 2.27. The summed E-state index contributed by atoms with van der Waals surface area (Å²) in [5.41, 5.74) is 2.01. The molecule has 0 saturated carbocycles. The number of piperazine rings is 1. The zero-order valence-electron chi connectivity index (χ0n) is 15.9. The lowest BCUT2D eigenvalue weighted by Crippen LogP contribution is -2.48. The number of pyridine rings is 1. The molecular formula is C21H19N5O2S. The molecule has 1 N–H and O–H groups in total. The first-order valence-corrected chi connectivity index (χ1v) is 10.1. The molecule has 0 aliphatic carbocycles. The maximum absolute atomic E-state index is 11.9. The van der Waals surface area contributed by atoms with Crippen molar-refractivity contribution < 1.29 is 9.59 Å². The normalized spacial score (nSPS) is 14.4. The quantitative estimate of drug-likeness (QED) is 0.580. The van der Waals surface area contributed by atoms with Crippen LogP contribution in [0.15, 0.2) is 35.4 Å². The third-order valence-electron chi connectivity index (χ3n) is 4.65. The number of nitriles is 2. The van der Waals surface area contributed by atoms with E-state index < -0.39 is 5.25 Å². The summed E-state index contributed by atoms with van der Waals surface area (Å²) in [6.45, 7) is 2.93. The average Bonchev–Trinajstić information content (AvgIpc) is 2.76. The first-order valence-electron chi connectivity index (χ1n) is 9.18. The minimum Gasteiger partial charge on any atom is -0.353 e. The molecule has 29 heavy (non-hydrogen) atoms. The Balaban J connectivity index is 2.12. The van der Waals surface area contributed by atoms with Gasteiger partial charge in [-0.15, -0.1) is 0 Å². The van der Waals surface area contributed by atoms with E-state index in [0.717, 1.165) is 11.8 Å². The summed E-state index contributed by atoms with van der Waals surface area (Å²) in [6.07, 6.45) is 1.28. The molecule has 2 heterocycles. The Labute approximate surface area is 173 Å². The minimum absolute atomic E-state index is 0.0939. The number of thioether (sulfide) groups is 1. The van der Waals surface area contributed by atoms with Gasteiger partial charge < -0.3 is 15.0 Å². The summed E-state index contributed by atoms with van der Waals surface area (Å²) < 4.78 is 0. The van der Waals surface area contributed by atoms with Crippen LogP contribution in [0.3, 0.4) is 0 Å². The van der Waals surface area contributed by atoms with Gasteiger partial charge in [0.1, 0.15) is 29.3 Å². The Morgan fingerprint density at radius 3 is 2.59 bits per heavy atom. The van der Waals surface area contributed by atoms with E-state index in [1.165, 1.54) is 11.8 Å². The number of carbonyl (C=O) groups is 2. The molecular weight excluding hydrogens is 386 g/mol. The van der Waals surface area contributed by atoms with Crippen LogP contribution in [0.25, 0.3) is 0 Å². The molecule has 7 nitrogen and oxygen atoms in total. The Bertz CT molecular complexity index is 1010. The van der Waals surface area contributed by atoms with Crippen LogP contribution >= 0.6 is 11.8 Å². The summed E-state index contributed by atoms with van der Waals surface area (Å²) >= 11 is 1.18. The molecule has 1 aromatic carbocycles. The summed E-state index contributed by atoms with van der Waals surface area (Å²) in [6, 6.07) is 13.6. The standard InChI is InChI=1S/C21H19N5O2S/c1-2-15-16(10-22)20(26-9-8-24-19(28)12-26)25-21(17(15)11-23)29-18(13-27)14-6-4-3-5-7-14/h3-7,13,18H,2,8-9,12H2,1H3,(H,24,28). The van der Waals surface area contributed by atoms with E-state index in [1.807, 2.05) is 37.3 Å². The summed E-state index contributed by atoms with van der Waals surface area (Å²) in [5, 5.41) is 22.1. The van der Waals surface area contributed by atoms with Gasteiger partial charge in [0.05, 0.1) is 22.9 Å². The SMILES string of the molecule is CCc1c(C#N)c(SC(C=O)c2ccccc2)nc(N2CCNC(=O)C2)c1C#N. The number of benzene rings is 1. The maximum Gasteiger partial charge on any atom is 0.239 e. The molecule has 2 aromatic rings. The second-order valence-corrected chi connectivity index (χ2v) is 7.53. The van der Waals surface area contributed by atoms with Crippen LogP contribution in [0.5, 0.6) is 0 Å². The topological polar surface area (TPSA) is 110 Å². The van der Waals surface area contributed by atoms with Crippen LogP contribution < -0.4 is 10.2 Å². The summed E-state index contributed by atoms with van der Waals surface area (Å²) in [4.78, 5) is 30.0. The van der Waals surface area contributed by atoms with Crippen LogP contribution in [-0.4, -0.2) is 36.8 Å². The van der Waals surface area contributed by atoms with Gasteiger partial charge in [-0.3, -0.25) is 4.79 Å². The Kier molecular flexibility index (Phi) is 6.48. The van der Waals surface area contributed by atoms with Crippen LogP contribution in [-0.2, 0) is 16.0 Å². The molecule has 1 atom stereocenters. The van der Waals surface area contributed by atoms with Gasteiger partial charge in [0.25, 0.3) is 0 Å². The maximum atomic E-state index is 11.9. The lowest BCUT2D eigenvalue weighted by Gasteiger charge is -2.29. The highest BCUT2D eigenvalue weighted by atomic mass is 32.2.